The van der Waals surface area contributed by atoms with Crippen molar-refractivity contribution in [1.82, 2.24) is 10.2 Å². The lowest BCUT2D eigenvalue weighted by atomic mass is 9.97. The van der Waals surface area contributed by atoms with Gasteiger partial charge in [-0.25, -0.2) is 0 Å². The number of hydrogen-bond acceptors (Lipinski definition) is 3. The fourth-order valence-electron chi connectivity index (χ4n) is 2.39. The summed E-state index contributed by atoms with van der Waals surface area (Å²) in [4.78, 5) is 25.7. The summed E-state index contributed by atoms with van der Waals surface area (Å²) in [7, 11) is 0. The van der Waals surface area contributed by atoms with Gasteiger partial charge in [0, 0.05) is 13.2 Å². The van der Waals surface area contributed by atoms with Gasteiger partial charge in [-0.15, -0.1) is 0 Å². The van der Waals surface area contributed by atoms with Crippen molar-refractivity contribution >= 4 is 11.8 Å². The van der Waals surface area contributed by atoms with Crippen LogP contribution in [0.15, 0.2) is 0 Å². The highest BCUT2D eigenvalue weighted by Crippen LogP contribution is 2.21. The number of amides is 2. The first-order valence-corrected chi connectivity index (χ1v) is 6.16. The molecule has 17 heavy (non-hydrogen) atoms. The highest BCUT2D eigenvalue weighted by atomic mass is 16.5. The average Bonchev–Trinajstić information content (AvgIpc) is 2.74. The molecule has 0 aliphatic carbocycles. The maximum absolute atomic E-state index is 12.2. The van der Waals surface area contributed by atoms with Gasteiger partial charge >= 0.3 is 0 Å². The van der Waals surface area contributed by atoms with Crippen LogP contribution in [0.1, 0.15) is 33.6 Å². The second-order valence-electron chi connectivity index (χ2n) is 5.38. The van der Waals surface area contributed by atoms with Crippen molar-refractivity contribution in [2.24, 2.45) is 0 Å². The van der Waals surface area contributed by atoms with Crippen molar-refractivity contribution in [3.8, 4) is 0 Å². The molecule has 0 aromatic rings. The Morgan fingerprint density at radius 2 is 2.18 bits per heavy atom. The Kier molecular flexibility index (Phi) is 3.12. The van der Waals surface area contributed by atoms with Gasteiger partial charge < -0.3 is 15.0 Å². The van der Waals surface area contributed by atoms with E-state index in [9.17, 15) is 9.59 Å². The van der Waals surface area contributed by atoms with Crippen LogP contribution in [-0.4, -0.2) is 47.6 Å². The van der Waals surface area contributed by atoms with Crippen molar-refractivity contribution in [3.63, 3.8) is 0 Å². The lowest BCUT2D eigenvalue weighted by Crippen LogP contribution is -2.68. The van der Waals surface area contributed by atoms with Crippen molar-refractivity contribution in [2.45, 2.75) is 51.3 Å². The third-order valence-electron chi connectivity index (χ3n) is 3.50. The molecule has 2 saturated heterocycles. The summed E-state index contributed by atoms with van der Waals surface area (Å²) >= 11 is 0. The molecule has 2 fully saturated rings. The van der Waals surface area contributed by atoms with Crippen LogP contribution in [0.2, 0.25) is 0 Å². The summed E-state index contributed by atoms with van der Waals surface area (Å²) in [5.41, 5.74) is -0.803. The molecule has 0 bridgehead atoms. The minimum atomic E-state index is -0.803. The minimum absolute atomic E-state index is 0.0277. The van der Waals surface area contributed by atoms with Crippen molar-refractivity contribution in [3.05, 3.63) is 0 Å². The fraction of sp³-hybridized carbons (Fsp3) is 0.833. The van der Waals surface area contributed by atoms with Gasteiger partial charge in [0.1, 0.15) is 11.6 Å². The molecule has 1 N–H and O–H groups in total. The van der Waals surface area contributed by atoms with E-state index in [1.54, 1.807) is 25.7 Å². The van der Waals surface area contributed by atoms with Gasteiger partial charge in [0.2, 0.25) is 11.8 Å². The average molecular weight is 240 g/mol. The molecule has 2 aliphatic rings. The van der Waals surface area contributed by atoms with Crippen LogP contribution in [0, 0.1) is 0 Å². The van der Waals surface area contributed by atoms with Crippen LogP contribution in [0.3, 0.4) is 0 Å². The van der Waals surface area contributed by atoms with Crippen LogP contribution in [0.4, 0.5) is 0 Å². The van der Waals surface area contributed by atoms with E-state index in [1.165, 1.54) is 0 Å². The Morgan fingerprint density at radius 3 is 2.76 bits per heavy atom. The van der Waals surface area contributed by atoms with E-state index in [2.05, 4.69) is 5.32 Å². The standard InChI is InChI=1S/C12H20N2O3/c1-8-10(15)13-12(2,3)11(16)14(8)7-9-5-4-6-17-9/h8-9H,4-7H2,1-3H3,(H,13,15). The third-order valence-corrected chi connectivity index (χ3v) is 3.50. The van der Waals surface area contributed by atoms with Crippen molar-refractivity contribution in [2.75, 3.05) is 13.2 Å². The number of rotatable bonds is 2. The molecule has 5 nitrogen and oxygen atoms in total. The van der Waals surface area contributed by atoms with E-state index in [0.717, 1.165) is 19.4 Å². The number of piperazine rings is 1. The smallest absolute Gasteiger partial charge is 0.248 e. The van der Waals surface area contributed by atoms with Gasteiger partial charge in [-0.1, -0.05) is 0 Å². The van der Waals surface area contributed by atoms with Gasteiger partial charge in [-0.3, -0.25) is 9.59 Å². The molecule has 0 radical (unpaired) electrons. The first kappa shape index (κ1) is 12.4. The zero-order valence-corrected chi connectivity index (χ0v) is 10.7. The van der Waals surface area contributed by atoms with Crippen LogP contribution >= 0.6 is 0 Å². The molecule has 2 heterocycles. The minimum Gasteiger partial charge on any atom is -0.376 e. The van der Waals surface area contributed by atoms with Crippen LogP contribution in [0.25, 0.3) is 0 Å². The molecule has 0 aromatic heterocycles. The van der Waals surface area contributed by atoms with Crippen LogP contribution in [-0.2, 0) is 14.3 Å². The SMILES string of the molecule is CC1C(=O)NC(C)(C)C(=O)N1CC1CCCO1. The lowest BCUT2D eigenvalue weighted by Gasteiger charge is -2.42. The largest absolute Gasteiger partial charge is 0.376 e. The Hall–Kier alpha value is -1.10. The number of nitrogens with one attached hydrogen (secondary N) is 1. The zero-order valence-electron chi connectivity index (χ0n) is 10.7. The Balaban J connectivity index is 2.11. The second-order valence-corrected chi connectivity index (χ2v) is 5.38. The quantitative estimate of drug-likeness (QED) is 0.755. The first-order chi connectivity index (χ1) is 7.92. The van der Waals surface area contributed by atoms with Crippen LogP contribution in [0.5, 0.6) is 0 Å². The summed E-state index contributed by atoms with van der Waals surface area (Å²) in [5.74, 6) is -0.118. The molecule has 2 unspecified atom stereocenters. The molecule has 5 heteroatoms. The topological polar surface area (TPSA) is 58.6 Å². The third kappa shape index (κ3) is 2.29. The maximum Gasteiger partial charge on any atom is 0.248 e. The van der Waals surface area contributed by atoms with E-state index in [-0.39, 0.29) is 17.9 Å². The zero-order chi connectivity index (χ0) is 12.6. The Labute approximate surface area is 101 Å². The summed E-state index contributed by atoms with van der Waals surface area (Å²) in [6, 6.07) is -0.403. The second kappa shape index (κ2) is 4.29. The predicted molar refractivity (Wildman–Crippen MR) is 62.4 cm³/mol. The molecular formula is C12H20N2O3. The molecule has 0 spiro atoms. The van der Waals surface area contributed by atoms with E-state index in [4.69, 9.17) is 4.74 Å². The molecule has 96 valence electrons. The number of nitrogens with zero attached hydrogens (tertiary/aromatic N) is 1. The molecule has 0 saturated carbocycles. The normalized spacial score (nSPS) is 32.8. The number of hydrogen-bond donors (Lipinski definition) is 1. The molecular weight excluding hydrogens is 220 g/mol. The Bertz CT molecular complexity index is 335. The van der Waals surface area contributed by atoms with Gasteiger partial charge in [0.05, 0.1) is 6.10 Å². The van der Waals surface area contributed by atoms with Gasteiger partial charge in [0.15, 0.2) is 0 Å². The molecule has 0 aromatic carbocycles. The lowest BCUT2D eigenvalue weighted by molar-refractivity contribution is -0.154. The van der Waals surface area contributed by atoms with E-state index < -0.39 is 11.6 Å². The highest BCUT2D eigenvalue weighted by Gasteiger charge is 2.44. The predicted octanol–water partition coefficient (Wildman–Crippen LogP) is 0.291. The van der Waals surface area contributed by atoms with Crippen molar-refractivity contribution in [1.29, 1.82) is 0 Å². The number of carbonyl (C=O) groups excluding carboxylic acids is 2. The van der Waals surface area contributed by atoms with Gasteiger partial charge in [-0.2, -0.15) is 0 Å². The molecule has 2 rings (SSSR count). The van der Waals surface area contributed by atoms with E-state index in [1.807, 2.05) is 0 Å². The van der Waals surface area contributed by atoms with Crippen LogP contribution < -0.4 is 5.32 Å². The molecule has 2 amide bonds. The number of ether oxygens (including phenoxy) is 1. The van der Waals surface area contributed by atoms with Crippen molar-refractivity contribution < 1.29 is 14.3 Å². The van der Waals surface area contributed by atoms with Gasteiger partial charge in [-0.05, 0) is 33.6 Å². The molecule has 2 aliphatic heterocycles. The summed E-state index contributed by atoms with van der Waals surface area (Å²) < 4.78 is 5.53. The summed E-state index contributed by atoms with van der Waals surface area (Å²) in [6.07, 6.45) is 2.10. The summed E-state index contributed by atoms with van der Waals surface area (Å²) in [6.45, 7) is 6.52. The van der Waals surface area contributed by atoms with Gasteiger partial charge in [0.25, 0.3) is 0 Å². The van der Waals surface area contributed by atoms with E-state index in [0.29, 0.717) is 6.54 Å². The monoisotopic (exact) mass is 240 g/mol. The number of carbonyl (C=O) groups is 2. The maximum atomic E-state index is 12.2. The van der Waals surface area contributed by atoms with E-state index >= 15 is 0 Å². The highest BCUT2D eigenvalue weighted by molar-refractivity contribution is 5.99. The summed E-state index contributed by atoms with van der Waals surface area (Å²) in [5, 5.41) is 2.74. The first-order valence-electron chi connectivity index (χ1n) is 6.16. The Morgan fingerprint density at radius 1 is 1.47 bits per heavy atom. The fourth-order valence-corrected chi connectivity index (χ4v) is 2.39. The molecule has 2 atom stereocenters.